The summed E-state index contributed by atoms with van der Waals surface area (Å²) in [6.07, 6.45) is 4.32. The van der Waals surface area contributed by atoms with Crippen molar-refractivity contribution in [1.82, 2.24) is 4.90 Å². The number of hydrogen-bond donors (Lipinski definition) is 3. The van der Waals surface area contributed by atoms with Gasteiger partial charge in [-0.1, -0.05) is 17.7 Å². The summed E-state index contributed by atoms with van der Waals surface area (Å²) in [4.78, 5) is 2.01. The zero-order valence-electron chi connectivity index (χ0n) is 11.1. The molecule has 20 heavy (non-hydrogen) atoms. The van der Waals surface area contributed by atoms with E-state index in [1.54, 1.807) is 17.4 Å². The SMILES string of the molecule is NC1=CCC(c2ccsc2)(N(CCO)CCO)C(Cl)=C1. The first-order valence-electron chi connectivity index (χ1n) is 6.48. The van der Waals surface area contributed by atoms with Crippen molar-refractivity contribution in [1.29, 1.82) is 0 Å². The smallest absolute Gasteiger partial charge is 0.0868 e. The number of hydrogen-bond acceptors (Lipinski definition) is 5. The van der Waals surface area contributed by atoms with Crippen molar-refractivity contribution < 1.29 is 10.2 Å². The summed E-state index contributed by atoms with van der Waals surface area (Å²) in [7, 11) is 0. The van der Waals surface area contributed by atoms with Crippen LogP contribution in [-0.2, 0) is 5.54 Å². The van der Waals surface area contributed by atoms with Crippen LogP contribution in [0.15, 0.2) is 39.7 Å². The van der Waals surface area contributed by atoms with Gasteiger partial charge in [-0.05, 0) is 34.9 Å². The fourth-order valence-corrected chi connectivity index (χ4v) is 3.80. The van der Waals surface area contributed by atoms with Gasteiger partial charge in [-0.2, -0.15) is 11.3 Å². The third kappa shape index (κ3) is 2.77. The van der Waals surface area contributed by atoms with Gasteiger partial charge in [0.2, 0.25) is 0 Å². The molecular formula is C14H19ClN2O2S. The molecule has 0 radical (unpaired) electrons. The third-order valence-corrected chi connectivity index (χ3v) is 4.71. The Morgan fingerprint density at radius 1 is 1.35 bits per heavy atom. The second-order valence-corrected chi connectivity index (χ2v) is 5.89. The number of allylic oxidation sites excluding steroid dienone is 1. The van der Waals surface area contributed by atoms with Gasteiger partial charge in [0.15, 0.2) is 0 Å². The highest BCUT2D eigenvalue weighted by Gasteiger charge is 2.42. The van der Waals surface area contributed by atoms with Crippen LogP contribution in [0.2, 0.25) is 0 Å². The summed E-state index contributed by atoms with van der Waals surface area (Å²) in [5.41, 5.74) is 7.00. The van der Waals surface area contributed by atoms with E-state index in [1.807, 2.05) is 27.8 Å². The monoisotopic (exact) mass is 314 g/mol. The second-order valence-electron chi connectivity index (χ2n) is 4.71. The summed E-state index contributed by atoms with van der Waals surface area (Å²) in [6, 6.07) is 2.03. The van der Waals surface area contributed by atoms with E-state index < -0.39 is 5.54 Å². The molecule has 110 valence electrons. The molecule has 1 unspecified atom stereocenters. The fraction of sp³-hybridized carbons (Fsp3) is 0.429. The second kappa shape index (κ2) is 6.74. The van der Waals surface area contributed by atoms with Crippen molar-refractivity contribution in [2.75, 3.05) is 26.3 Å². The molecule has 1 aliphatic rings. The standard InChI is InChI=1S/C14H19ClN2O2S/c15-13-9-12(16)1-3-14(13,11-2-8-20-10-11)17(4-6-18)5-7-19/h1-2,8-10,18-19H,3-7,16H2. The van der Waals surface area contributed by atoms with Gasteiger partial charge in [0.05, 0.1) is 18.8 Å². The molecule has 0 spiro atoms. The molecule has 2 rings (SSSR count). The maximum atomic E-state index is 9.32. The normalized spacial score (nSPS) is 22.8. The molecule has 4 N–H and O–H groups in total. The predicted molar refractivity (Wildman–Crippen MR) is 82.6 cm³/mol. The maximum Gasteiger partial charge on any atom is 0.0868 e. The lowest BCUT2D eigenvalue weighted by Crippen LogP contribution is -2.49. The Balaban J connectivity index is 2.47. The first-order valence-corrected chi connectivity index (χ1v) is 7.80. The zero-order valence-corrected chi connectivity index (χ0v) is 12.7. The van der Waals surface area contributed by atoms with Gasteiger partial charge in [0.1, 0.15) is 0 Å². The lowest BCUT2D eigenvalue weighted by atomic mass is 9.82. The van der Waals surface area contributed by atoms with Crippen molar-refractivity contribution in [3.05, 3.63) is 45.3 Å². The van der Waals surface area contributed by atoms with Crippen LogP contribution in [0.25, 0.3) is 0 Å². The summed E-state index contributed by atoms with van der Waals surface area (Å²) >= 11 is 8.13. The lowest BCUT2D eigenvalue weighted by Gasteiger charge is -2.44. The number of halogens is 1. The molecule has 0 saturated carbocycles. The number of nitrogens with two attached hydrogens (primary N) is 1. The van der Waals surface area contributed by atoms with Crippen LogP contribution in [0, 0.1) is 0 Å². The predicted octanol–water partition coefficient (Wildman–Crippen LogP) is 1.60. The van der Waals surface area contributed by atoms with Crippen molar-refractivity contribution in [3.8, 4) is 0 Å². The zero-order chi connectivity index (χ0) is 14.6. The highest BCUT2D eigenvalue weighted by Crippen LogP contribution is 2.44. The number of aliphatic hydroxyl groups excluding tert-OH is 2. The topological polar surface area (TPSA) is 69.7 Å². The van der Waals surface area contributed by atoms with Crippen LogP contribution >= 0.6 is 22.9 Å². The van der Waals surface area contributed by atoms with E-state index in [4.69, 9.17) is 17.3 Å². The minimum absolute atomic E-state index is 0.00918. The maximum absolute atomic E-state index is 9.32. The number of rotatable bonds is 6. The van der Waals surface area contributed by atoms with Gasteiger partial charge in [0, 0.05) is 23.8 Å². The molecule has 6 heteroatoms. The van der Waals surface area contributed by atoms with E-state index >= 15 is 0 Å². The quantitative estimate of drug-likeness (QED) is 0.746. The Bertz CT molecular complexity index is 495. The van der Waals surface area contributed by atoms with Crippen molar-refractivity contribution in [3.63, 3.8) is 0 Å². The Morgan fingerprint density at radius 2 is 2.05 bits per heavy atom. The molecule has 1 atom stereocenters. The molecule has 0 saturated heterocycles. The molecule has 4 nitrogen and oxygen atoms in total. The van der Waals surface area contributed by atoms with Gasteiger partial charge in [-0.25, -0.2) is 0 Å². The summed E-state index contributed by atoms with van der Waals surface area (Å²) in [6.45, 7) is 0.896. The summed E-state index contributed by atoms with van der Waals surface area (Å²) in [5, 5.41) is 23.3. The van der Waals surface area contributed by atoms with E-state index in [0.717, 1.165) is 5.56 Å². The minimum Gasteiger partial charge on any atom is -0.399 e. The molecule has 0 bridgehead atoms. The molecule has 0 amide bonds. The van der Waals surface area contributed by atoms with E-state index in [-0.39, 0.29) is 13.2 Å². The van der Waals surface area contributed by atoms with Crippen molar-refractivity contribution in [2.45, 2.75) is 12.0 Å². The number of nitrogens with zero attached hydrogens (tertiary/aromatic N) is 1. The van der Waals surface area contributed by atoms with E-state index in [1.165, 1.54) is 0 Å². The van der Waals surface area contributed by atoms with E-state index in [9.17, 15) is 10.2 Å². The van der Waals surface area contributed by atoms with Crippen molar-refractivity contribution >= 4 is 22.9 Å². The van der Waals surface area contributed by atoms with E-state index in [0.29, 0.717) is 30.2 Å². The van der Waals surface area contributed by atoms with Crippen LogP contribution < -0.4 is 5.73 Å². The molecular weight excluding hydrogens is 296 g/mol. The molecule has 1 heterocycles. The van der Waals surface area contributed by atoms with Gasteiger partial charge < -0.3 is 15.9 Å². The molecule has 0 aromatic carbocycles. The largest absolute Gasteiger partial charge is 0.399 e. The average molecular weight is 315 g/mol. The average Bonchev–Trinajstić information content (AvgIpc) is 2.94. The van der Waals surface area contributed by atoms with Crippen LogP contribution in [-0.4, -0.2) is 41.4 Å². The first-order chi connectivity index (χ1) is 9.65. The van der Waals surface area contributed by atoms with Gasteiger partial charge in [0.25, 0.3) is 0 Å². The Hall–Kier alpha value is -0.850. The van der Waals surface area contributed by atoms with Crippen LogP contribution in [0.5, 0.6) is 0 Å². The van der Waals surface area contributed by atoms with Gasteiger partial charge >= 0.3 is 0 Å². The number of thiophene rings is 1. The molecule has 0 aliphatic heterocycles. The molecule has 1 aromatic heterocycles. The summed E-state index contributed by atoms with van der Waals surface area (Å²) in [5.74, 6) is 0. The van der Waals surface area contributed by atoms with Crippen molar-refractivity contribution in [2.24, 2.45) is 5.73 Å². The van der Waals surface area contributed by atoms with Crippen LogP contribution in [0.3, 0.4) is 0 Å². The van der Waals surface area contributed by atoms with E-state index in [2.05, 4.69) is 0 Å². The lowest BCUT2D eigenvalue weighted by molar-refractivity contribution is 0.0759. The Labute approximate surface area is 127 Å². The first kappa shape index (κ1) is 15.5. The molecule has 1 aliphatic carbocycles. The molecule has 0 fully saturated rings. The molecule has 1 aromatic rings. The number of aliphatic hydroxyl groups is 2. The highest BCUT2D eigenvalue weighted by atomic mass is 35.5. The van der Waals surface area contributed by atoms with Crippen LogP contribution in [0.1, 0.15) is 12.0 Å². The van der Waals surface area contributed by atoms with Gasteiger partial charge in [-0.3, -0.25) is 4.90 Å². The highest BCUT2D eigenvalue weighted by molar-refractivity contribution is 7.08. The summed E-state index contributed by atoms with van der Waals surface area (Å²) < 4.78 is 0. The Kier molecular flexibility index (Phi) is 5.23. The van der Waals surface area contributed by atoms with Gasteiger partial charge in [-0.15, -0.1) is 0 Å². The minimum atomic E-state index is -0.546. The Morgan fingerprint density at radius 3 is 2.55 bits per heavy atom. The third-order valence-electron chi connectivity index (χ3n) is 3.60. The van der Waals surface area contributed by atoms with Crippen LogP contribution in [0.4, 0.5) is 0 Å². The fourth-order valence-electron chi connectivity index (χ4n) is 2.64.